The monoisotopic (exact) mass is 410 g/mol. The molecule has 0 saturated carbocycles. The number of pyridine rings is 1. The van der Waals surface area contributed by atoms with E-state index in [0.29, 0.717) is 24.3 Å². The standard InChI is InChI=1S/C25H23N5O/c31-25(29-17-15-28(16-18-29)23-13-7-8-14-26-23)22-19-30(21-11-5-2-6-12-21)27-24(22)20-9-3-1-4-10-20/h1-14,19H,15-18H2/p+1. The number of aromatic nitrogens is 3. The highest BCUT2D eigenvalue weighted by Gasteiger charge is 2.29. The molecular formula is C25H24N5O+. The van der Waals surface area contributed by atoms with Gasteiger partial charge in [-0.25, -0.2) is 9.67 Å². The Morgan fingerprint density at radius 2 is 1.48 bits per heavy atom. The third-order valence-corrected chi connectivity index (χ3v) is 5.61. The predicted octanol–water partition coefficient (Wildman–Crippen LogP) is 3.32. The fourth-order valence-electron chi connectivity index (χ4n) is 3.95. The van der Waals surface area contributed by atoms with E-state index in [1.807, 2.05) is 90.1 Å². The number of carbonyl (C=O) groups is 1. The molecule has 0 atom stereocenters. The van der Waals surface area contributed by atoms with Crippen LogP contribution in [0.2, 0.25) is 0 Å². The van der Waals surface area contributed by atoms with E-state index >= 15 is 0 Å². The number of aromatic amines is 1. The molecule has 2 aromatic heterocycles. The van der Waals surface area contributed by atoms with Gasteiger partial charge in [0, 0.05) is 17.8 Å². The van der Waals surface area contributed by atoms with Crippen molar-refractivity contribution in [3.8, 4) is 16.9 Å². The Kier molecular flexibility index (Phi) is 5.19. The van der Waals surface area contributed by atoms with E-state index in [-0.39, 0.29) is 5.91 Å². The van der Waals surface area contributed by atoms with Gasteiger partial charge in [-0.15, -0.1) is 0 Å². The van der Waals surface area contributed by atoms with E-state index in [1.165, 1.54) is 0 Å². The fourth-order valence-corrected chi connectivity index (χ4v) is 3.95. The van der Waals surface area contributed by atoms with E-state index < -0.39 is 0 Å². The minimum absolute atomic E-state index is 0.0257. The summed E-state index contributed by atoms with van der Waals surface area (Å²) in [6.45, 7) is 2.93. The molecule has 6 nitrogen and oxygen atoms in total. The lowest BCUT2D eigenvalue weighted by atomic mass is 10.1. The summed E-state index contributed by atoms with van der Waals surface area (Å²) in [6.07, 6.45) is 3.79. The number of nitrogens with zero attached hydrogens (tertiary/aromatic N) is 4. The molecule has 2 aromatic carbocycles. The van der Waals surface area contributed by atoms with Crippen molar-refractivity contribution in [3.63, 3.8) is 0 Å². The molecule has 1 fully saturated rings. The maximum atomic E-state index is 13.5. The van der Waals surface area contributed by atoms with Gasteiger partial charge in [-0.05, 0) is 18.2 Å². The van der Waals surface area contributed by atoms with Crippen LogP contribution in [0.3, 0.4) is 0 Å². The summed E-state index contributed by atoms with van der Waals surface area (Å²) in [5.41, 5.74) is 3.23. The first kappa shape index (κ1) is 19.1. The first-order valence-corrected chi connectivity index (χ1v) is 10.5. The second kappa shape index (κ2) is 8.44. The Hall–Kier alpha value is -3.93. The van der Waals surface area contributed by atoms with Gasteiger partial charge in [-0.2, -0.15) is 5.10 Å². The topological polar surface area (TPSA) is 55.5 Å². The summed E-state index contributed by atoms with van der Waals surface area (Å²) in [5.74, 6) is 1.11. The maximum Gasteiger partial charge on any atom is 0.274 e. The van der Waals surface area contributed by atoms with Crippen LogP contribution in [-0.2, 0) is 0 Å². The predicted molar refractivity (Wildman–Crippen MR) is 120 cm³/mol. The lowest BCUT2D eigenvalue weighted by Gasteiger charge is -2.30. The highest BCUT2D eigenvalue weighted by atomic mass is 16.2. The number of para-hydroxylation sites is 1. The van der Waals surface area contributed by atoms with Crippen molar-refractivity contribution in [3.05, 3.63) is 96.8 Å². The van der Waals surface area contributed by atoms with Crippen LogP contribution >= 0.6 is 0 Å². The van der Waals surface area contributed by atoms with E-state index in [0.717, 1.165) is 30.2 Å². The largest absolute Gasteiger partial charge is 0.331 e. The molecule has 1 aliphatic rings. The van der Waals surface area contributed by atoms with Crippen LogP contribution in [0.15, 0.2) is 91.3 Å². The first-order chi connectivity index (χ1) is 15.3. The van der Waals surface area contributed by atoms with Gasteiger partial charge in [0.2, 0.25) is 0 Å². The molecular weight excluding hydrogens is 386 g/mol. The number of H-pyrrole nitrogens is 1. The van der Waals surface area contributed by atoms with E-state index in [2.05, 4.69) is 16.0 Å². The Morgan fingerprint density at radius 3 is 2.16 bits per heavy atom. The number of rotatable bonds is 4. The molecule has 1 saturated heterocycles. The van der Waals surface area contributed by atoms with Crippen LogP contribution in [-0.4, -0.2) is 46.8 Å². The minimum atomic E-state index is 0.0257. The van der Waals surface area contributed by atoms with Crippen molar-refractivity contribution >= 4 is 11.7 Å². The molecule has 0 radical (unpaired) electrons. The molecule has 6 heteroatoms. The molecule has 0 spiro atoms. The van der Waals surface area contributed by atoms with E-state index in [4.69, 9.17) is 5.10 Å². The third kappa shape index (κ3) is 3.92. The van der Waals surface area contributed by atoms with Crippen molar-refractivity contribution < 1.29 is 9.78 Å². The van der Waals surface area contributed by atoms with Crippen LogP contribution in [0.5, 0.6) is 0 Å². The molecule has 0 bridgehead atoms. The summed E-state index contributed by atoms with van der Waals surface area (Å²) < 4.78 is 1.80. The molecule has 31 heavy (non-hydrogen) atoms. The van der Waals surface area contributed by atoms with Crippen molar-refractivity contribution in [2.24, 2.45) is 0 Å². The summed E-state index contributed by atoms with van der Waals surface area (Å²) in [4.78, 5) is 21.0. The minimum Gasteiger partial charge on any atom is -0.331 e. The molecule has 0 aliphatic carbocycles. The van der Waals surface area contributed by atoms with Gasteiger partial charge in [0.15, 0.2) is 0 Å². The smallest absolute Gasteiger partial charge is 0.274 e. The fraction of sp³-hybridized carbons (Fsp3) is 0.160. The third-order valence-electron chi connectivity index (χ3n) is 5.61. The zero-order chi connectivity index (χ0) is 21.0. The molecule has 1 amide bonds. The molecule has 5 rings (SSSR count). The second-order valence-corrected chi connectivity index (χ2v) is 7.56. The Bertz CT molecular complexity index is 1150. The maximum absolute atomic E-state index is 13.5. The number of carbonyl (C=O) groups excluding carboxylic acids is 1. The average molecular weight is 411 g/mol. The molecule has 0 unspecified atom stereocenters. The highest BCUT2D eigenvalue weighted by molar-refractivity contribution is 6.00. The molecule has 4 aromatic rings. The number of piperazine rings is 1. The molecule has 1 N–H and O–H groups in total. The van der Waals surface area contributed by atoms with Gasteiger partial charge in [-0.3, -0.25) is 9.69 Å². The normalized spacial score (nSPS) is 13.9. The Morgan fingerprint density at radius 1 is 0.806 bits per heavy atom. The zero-order valence-electron chi connectivity index (χ0n) is 17.2. The number of benzene rings is 2. The van der Waals surface area contributed by atoms with Crippen molar-refractivity contribution in [2.75, 3.05) is 31.1 Å². The summed E-state index contributed by atoms with van der Waals surface area (Å²) in [7, 11) is 0. The number of hydrogen-bond acceptors (Lipinski definition) is 3. The van der Waals surface area contributed by atoms with E-state index in [9.17, 15) is 4.79 Å². The molecule has 154 valence electrons. The number of hydrogen-bond donors (Lipinski definition) is 0. The SMILES string of the molecule is O=C(c1cn(-c2ccccc2)nc1-c1ccccc1)N1CCN(c2cccc[nH+]2)CC1. The molecule has 1 aliphatic heterocycles. The van der Waals surface area contributed by atoms with Gasteiger partial charge in [-0.1, -0.05) is 54.6 Å². The van der Waals surface area contributed by atoms with Gasteiger partial charge < -0.3 is 4.90 Å². The van der Waals surface area contributed by atoms with Crippen molar-refractivity contribution in [1.82, 2.24) is 14.7 Å². The summed E-state index contributed by atoms with van der Waals surface area (Å²) in [5, 5.41) is 4.78. The number of anilines is 1. The van der Waals surface area contributed by atoms with Crippen molar-refractivity contribution in [1.29, 1.82) is 0 Å². The van der Waals surface area contributed by atoms with Crippen LogP contribution in [0.25, 0.3) is 16.9 Å². The van der Waals surface area contributed by atoms with Crippen LogP contribution in [0.1, 0.15) is 10.4 Å². The highest BCUT2D eigenvalue weighted by Crippen LogP contribution is 2.25. The van der Waals surface area contributed by atoms with Crippen molar-refractivity contribution in [2.45, 2.75) is 0 Å². The summed E-state index contributed by atoms with van der Waals surface area (Å²) >= 11 is 0. The second-order valence-electron chi connectivity index (χ2n) is 7.56. The first-order valence-electron chi connectivity index (χ1n) is 10.5. The van der Waals surface area contributed by atoms with Gasteiger partial charge in [0.05, 0.1) is 30.5 Å². The van der Waals surface area contributed by atoms with Gasteiger partial charge in [0.1, 0.15) is 18.8 Å². The lowest BCUT2D eigenvalue weighted by Crippen LogP contribution is -2.50. The number of nitrogens with one attached hydrogen (secondary N) is 1. The summed E-state index contributed by atoms with van der Waals surface area (Å²) in [6, 6.07) is 25.9. The quantitative estimate of drug-likeness (QED) is 0.519. The Labute approximate surface area is 181 Å². The van der Waals surface area contributed by atoms with Crippen LogP contribution in [0.4, 0.5) is 5.82 Å². The van der Waals surface area contributed by atoms with Crippen LogP contribution < -0.4 is 9.88 Å². The van der Waals surface area contributed by atoms with Crippen LogP contribution in [0, 0.1) is 0 Å². The lowest BCUT2D eigenvalue weighted by molar-refractivity contribution is -0.364. The van der Waals surface area contributed by atoms with E-state index in [1.54, 1.807) is 4.68 Å². The van der Waals surface area contributed by atoms with Gasteiger partial charge in [0.25, 0.3) is 11.7 Å². The zero-order valence-corrected chi connectivity index (χ0v) is 17.2. The van der Waals surface area contributed by atoms with Gasteiger partial charge >= 0.3 is 0 Å². The average Bonchev–Trinajstić information content (AvgIpc) is 3.31. The number of amides is 1. The molecule has 3 heterocycles. The Balaban J connectivity index is 1.42.